The maximum atomic E-state index is 15.1. The molecular formula is C27H32FN5O4. The highest BCUT2D eigenvalue weighted by Gasteiger charge is 2.30. The van der Waals surface area contributed by atoms with E-state index in [0.29, 0.717) is 35.5 Å². The molecule has 0 aliphatic carbocycles. The Bertz CT molecular complexity index is 1370. The van der Waals surface area contributed by atoms with Crippen molar-refractivity contribution in [3.63, 3.8) is 0 Å². The van der Waals surface area contributed by atoms with E-state index in [-0.39, 0.29) is 5.39 Å². The van der Waals surface area contributed by atoms with E-state index in [1.165, 1.54) is 12.3 Å². The molecule has 1 aromatic carbocycles. The molecule has 0 bridgehead atoms. The SMILES string of the molecule is COCCN(C)C1CN(c2ccc(-n3cc(C(=O)O)c(=O)c4cc(F)c(N5CC[C@H](C)C5)cc43)cn2)C1. The lowest BCUT2D eigenvalue weighted by Crippen LogP contribution is -2.59. The van der Waals surface area contributed by atoms with Gasteiger partial charge in [0.05, 0.1) is 29.7 Å². The zero-order valence-electron chi connectivity index (χ0n) is 21.4. The Morgan fingerprint density at radius 2 is 2.03 bits per heavy atom. The number of pyridine rings is 2. The Morgan fingerprint density at radius 1 is 1.24 bits per heavy atom. The van der Waals surface area contributed by atoms with Crippen LogP contribution < -0.4 is 15.2 Å². The first kappa shape index (κ1) is 25.2. The normalized spacial score (nSPS) is 18.1. The highest BCUT2D eigenvalue weighted by molar-refractivity contribution is 5.94. The highest BCUT2D eigenvalue weighted by atomic mass is 19.1. The predicted octanol–water partition coefficient (Wildman–Crippen LogP) is 2.84. The summed E-state index contributed by atoms with van der Waals surface area (Å²) in [7, 11) is 3.78. The number of rotatable bonds is 8. The van der Waals surface area contributed by atoms with Crippen LogP contribution in [0.4, 0.5) is 15.9 Å². The molecule has 196 valence electrons. The molecule has 2 fully saturated rings. The summed E-state index contributed by atoms with van der Waals surface area (Å²) in [6.45, 7) is 6.85. The molecular weight excluding hydrogens is 477 g/mol. The summed E-state index contributed by atoms with van der Waals surface area (Å²) in [4.78, 5) is 35.8. The summed E-state index contributed by atoms with van der Waals surface area (Å²) in [6.07, 6.45) is 3.93. The minimum atomic E-state index is -1.35. The molecule has 0 radical (unpaired) electrons. The zero-order valence-corrected chi connectivity index (χ0v) is 21.4. The van der Waals surface area contributed by atoms with Crippen molar-refractivity contribution in [1.29, 1.82) is 0 Å². The molecule has 3 aromatic rings. The Hall–Kier alpha value is -3.50. The number of methoxy groups -OCH3 is 1. The van der Waals surface area contributed by atoms with Crippen molar-refractivity contribution in [1.82, 2.24) is 14.5 Å². The van der Waals surface area contributed by atoms with E-state index in [9.17, 15) is 14.7 Å². The number of hydrogen-bond acceptors (Lipinski definition) is 7. The van der Waals surface area contributed by atoms with E-state index in [0.717, 1.165) is 45.0 Å². The lowest BCUT2D eigenvalue weighted by molar-refractivity contribution is 0.0695. The first-order valence-electron chi connectivity index (χ1n) is 12.5. The van der Waals surface area contributed by atoms with Crippen molar-refractivity contribution < 1.29 is 19.0 Å². The van der Waals surface area contributed by atoms with Gasteiger partial charge in [-0.15, -0.1) is 0 Å². The van der Waals surface area contributed by atoms with E-state index in [4.69, 9.17) is 4.74 Å². The number of ether oxygens (including phenoxy) is 1. The van der Waals surface area contributed by atoms with E-state index in [1.54, 1.807) is 23.9 Å². The number of anilines is 2. The summed E-state index contributed by atoms with van der Waals surface area (Å²) >= 11 is 0. The molecule has 1 N–H and O–H groups in total. The van der Waals surface area contributed by atoms with Crippen LogP contribution in [0.25, 0.3) is 16.6 Å². The minimum absolute atomic E-state index is 0.0298. The van der Waals surface area contributed by atoms with Crippen molar-refractivity contribution in [3.8, 4) is 5.69 Å². The average molecular weight is 510 g/mol. The fourth-order valence-corrected chi connectivity index (χ4v) is 5.14. The van der Waals surface area contributed by atoms with Crippen LogP contribution in [0.1, 0.15) is 23.7 Å². The molecule has 37 heavy (non-hydrogen) atoms. The molecule has 0 saturated carbocycles. The van der Waals surface area contributed by atoms with Crippen LogP contribution in [-0.2, 0) is 4.74 Å². The Labute approximate surface area is 214 Å². The van der Waals surface area contributed by atoms with Gasteiger partial charge >= 0.3 is 5.97 Å². The summed E-state index contributed by atoms with van der Waals surface area (Å²) in [5, 5.41) is 9.68. The summed E-state index contributed by atoms with van der Waals surface area (Å²) < 4.78 is 21.9. The topological polar surface area (TPSA) is 91.1 Å². The van der Waals surface area contributed by atoms with Gasteiger partial charge in [0.2, 0.25) is 5.43 Å². The lowest BCUT2D eigenvalue weighted by Gasteiger charge is -2.44. The van der Waals surface area contributed by atoms with Crippen LogP contribution in [0.3, 0.4) is 0 Å². The van der Waals surface area contributed by atoms with Crippen molar-refractivity contribution in [2.75, 3.05) is 63.3 Å². The van der Waals surface area contributed by atoms with Crippen molar-refractivity contribution in [2.45, 2.75) is 19.4 Å². The molecule has 4 heterocycles. The number of likely N-dealkylation sites (N-methyl/N-ethyl adjacent to an activating group) is 1. The molecule has 1 atom stereocenters. The second-order valence-electron chi connectivity index (χ2n) is 10.1. The Balaban J connectivity index is 1.48. The molecule has 2 saturated heterocycles. The van der Waals surface area contributed by atoms with Crippen LogP contribution in [0.5, 0.6) is 0 Å². The smallest absolute Gasteiger partial charge is 0.341 e. The number of hydrogen-bond donors (Lipinski definition) is 1. The van der Waals surface area contributed by atoms with Gasteiger partial charge in [0, 0.05) is 57.5 Å². The first-order chi connectivity index (χ1) is 17.8. The van der Waals surface area contributed by atoms with Gasteiger partial charge in [0.25, 0.3) is 0 Å². The monoisotopic (exact) mass is 509 g/mol. The number of aromatic nitrogens is 2. The number of carboxylic acid groups (broad SMARTS) is 1. The van der Waals surface area contributed by atoms with Crippen LogP contribution in [0.15, 0.2) is 41.5 Å². The van der Waals surface area contributed by atoms with Crippen LogP contribution in [0.2, 0.25) is 0 Å². The molecule has 10 heteroatoms. The van der Waals surface area contributed by atoms with Crippen LogP contribution in [-0.4, -0.2) is 85.1 Å². The van der Waals surface area contributed by atoms with Crippen LogP contribution >= 0.6 is 0 Å². The molecule has 2 aliphatic rings. The van der Waals surface area contributed by atoms with Crippen molar-refractivity contribution >= 4 is 28.4 Å². The maximum absolute atomic E-state index is 15.1. The summed E-state index contributed by atoms with van der Waals surface area (Å²) in [6, 6.07) is 6.98. The number of nitrogens with zero attached hydrogens (tertiary/aromatic N) is 5. The quantitative estimate of drug-likeness (QED) is 0.496. The van der Waals surface area contributed by atoms with Crippen molar-refractivity contribution in [3.05, 3.63) is 58.3 Å². The second-order valence-corrected chi connectivity index (χ2v) is 10.1. The largest absolute Gasteiger partial charge is 0.477 e. The van der Waals surface area contributed by atoms with Gasteiger partial charge in [-0.05, 0) is 43.7 Å². The van der Waals surface area contributed by atoms with Crippen LogP contribution in [0, 0.1) is 11.7 Å². The molecule has 0 amide bonds. The predicted molar refractivity (Wildman–Crippen MR) is 141 cm³/mol. The van der Waals surface area contributed by atoms with Gasteiger partial charge in [-0.3, -0.25) is 9.69 Å². The van der Waals surface area contributed by atoms with Gasteiger partial charge in [0.15, 0.2) is 0 Å². The molecule has 2 aliphatic heterocycles. The number of halogens is 1. The van der Waals surface area contributed by atoms with Gasteiger partial charge in [-0.25, -0.2) is 14.2 Å². The van der Waals surface area contributed by atoms with Crippen molar-refractivity contribution in [2.24, 2.45) is 5.92 Å². The third-order valence-corrected chi connectivity index (χ3v) is 7.54. The van der Waals surface area contributed by atoms with E-state index in [2.05, 4.69) is 28.8 Å². The van der Waals surface area contributed by atoms with E-state index in [1.807, 2.05) is 17.0 Å². The van der Waals surface area contributed by atoms with Gasteiger partial charge in [-0.1, -0.05) is 6.92 Å². The molecule has 0 unspecified atom stereocenters. The third-order valence-electron chi connectivity index (χ3n) is 7.54. The fourth-order valence-electron chi connectivity index (χ4n) is 5.14. The Kier molecular flexibility index (Phi) is 6.87. The number of fused-ring (bicyclic) bond motifs is 1. The third kappa shape index (κ3) is 4.78. The highest BCUT2D eigenvalue weighted by Crippen LogP contribution is 2.31. The first-order valence-corrected chi connectivity index (χ1v) is 12.5. The maximum Gasteiger partial charge on any atom is 0.341 e. The van der Waals surface area contributed by atoms with E-state index < -0.39 is 22.8 Å². The average Bonchev–Trinajstić information content (AvgIpc) is 3.28. The number of carbonyl (C=O) groups is 1. The molecule has 9 nitrogen and oxygen atoms in total. The number of aromatic carboxylic acids is 1. The Morgan fingerprint density at radius 3 is 2.65 bits per heavy atom. The second kappa shape index (κ2) is 10.1. The van der Waals surface area contributed by atoms with Gasteiger partial charge in [-0.2, -0.15) is 0 Å². The van der Waals surface area contributed by atoms with Gasteiger partial charge < -0.3 is 24.2 Å². The number of benzene rings is 1. The lowest BCUT2D eigenvalue weighted by atomic mass is 10.1. The summed E-state index contributed by atoms with van der Waals surface area (Å²) in [5.41, 5.74) is 0.347. The molecule has 5 rings (SSSR count). The summed E-state index contributed by atoms with van der Waals surface area (Å²) in [5.74, 6) is -0.609. The zero-order chi connectivity index (χ0) is 26.3. The van der Waals surface area contributed by atoms with E-state index >= 15 is 4.39 Å². The standard InChI is InChI=1S/C27H32FN5O4/c1-17-6-7-31(13-17)24-11-23-20(10-22(24)28)26(34)21(27(35)36)16-33(23)18-4-5-25(29-12-18)32-14-19(15-32)30(2)8-9-37-3/h4-5,10-12,16-17,19H,6-9,13-15H2,1-3H3,(H,35,36)/t17-/m0/s1. The molecule has 2 aromatic heterocycles. The minimum Gasteiger partial charge on any atom is -0.477 e. The van der Waals surface area contributed by atoms with Gasteiger partial charge in [0.1, 0.15) is 17.2 Å². The number of carboxylic acids is 1. The molecule has 0 spiro atoms. The fraction of sp³-hybridized carbons (Fsp3) is 0.444.